The number of para-hydroxylation sites is 1. The Balaban J connectivity index is 3.06. The first-order valence-corrected chi connectivity index (χ1v) is 6.02. The van der Waals surface area contributed by atoms with Crippen LogP contribution in [0.25, 0.3) is 10.9 Å². The van der Waals surface area contributed by atoms with Gasteiger partial charge in [-0.15, -0.1) is 0 Å². The first kappa shape index (κ1) is 13.6. The van der Waals surface area contributed by atoms with E-state index in [1.54, 1.807) is 18.2 Å². The summed E-state index contributed by atoms with van der Waals surface area (Å²) in [5.74, 6) is -1.22. The lowest BCUT2D eigenvalue weighted by atomic mass is 10.1. The van der Waals surface area contributed by atoms with Gasteiger partial charge in [-0.05, 0) is 19.1 Å². The Morgan fingerprint density at radius 2 is 2.11 bits per heavy atom. The number of halogens is 1. The summed E-state index contributed by atoms with van der Waals surface area (Å²) in [4.78, 5) is 23.5. The zero-order chi connectivity index (χ0) is 14.2. The molecular weight excluding hydrogens is 270 g/mol. The maximum absolute atomic E-state index is 12.2. The molecule has 1 aromatic carbocycles. The minimum Gasteiger partial charge on any atom is -0.477 e. The lowest BCUT2D eigenvalue weighted by Crippen LogP contribution is -2.23. The van der Waals surface area contributed by atoms with Crippen LogP contribution in [0.5, 0.6) is 0 Å². The van der Waals surface area contributed by atoms with Crippen molar-refractivity contribution in [3.8, 4) is 0 Å². The second-order valence-corrected chi connectivity index (χ2v) is 4.53. The summed E-state index contributed by atoms with van der Waals surface area (Å²) in [6.45, 7) is 1.27. The van der Waals surface area contributed by atoms with Crippen molar-refractivity contribution in [1.82, 2.24) is 4.57 Å². The van der Waals surface area contributed by atoms with Gasteiger partial charge in [0.25, 0.3) is 0 Å². The minimum atomic E-state index is -1.22. The Morgan fingerprint density at radius 3 is 2.68 bits per heavy atom. The summed E-state index contributed by atoms with van der Waals surface area (Å²) in [6, 6.07) is 4.81. The van der Waals surface area contributed by atoms with E-state index in [1.807, 2.05) is 0 Å². The molecule has 1 aromatic heterocycles. The number of fused-ring (bicyclic) bond motifs is 1. The molecule has 0 unspecified atom stereocenters. The van der Waals surface area contributed by atoms with Gasteiger partial charge in [0.05, 0.1) is 17.1 Å². The van der Waals surface area contributed by atoms with Gasteiger partial charge in [-0.1, -0.05) is 17.7 Å². The van der Waals surface area contributed by atoms with Crippen LogP contribution < -0.4 is 5.43 Å². The molecule has 0 radical (unpaired) electrons. The van der Waals surface area contributed by atoms with Gasteiger partial charge in [-0.25, -0.2) is 4.79 Å². The molecule has 2 N–H and O–H groups in total. The van der Waals surface area contributed by atoms with Crippen molar-refractivity contribution in [3.05, 3.63) is 44.7 Å². The Hall–Kier alpha value is -1.85. The van der Waals surface area contributed by atoms with Crippen molar-refractivity contribution >= 4 is 28.5 Å². The van der Waals surface area contributed by atoms with E-state index in [2.05, 4.69) is 0 Å². The molecule has 0 bridgehead atoms. The van der Waals surface area contributed by atoms with E-state index in [0.717, 1.165) is 0 Å². The fourth-order valence-electron chi connectivity index (χ4n) is 2.20. The van der Waals surface area contributed by atoms with Crippen molar-refractivity contribution in [2.75, 3.05) is 6.61 Å². The summed E-state index contributed by atoms with van der Waals surface area (Å²) in [5, 5.41) is 19.0. The van der Waals surface area contributed by atoms with Gasteiger partial charge in [-0.2, -0.15) is 0 Å². The number of benzene rings is 1. The van der Waals surface area contributed by atoms with Crippen LogP contribution >= 0.6 is 11.6 Å². The van der Waals surface area contributed by atoms with Crippen LogP contribution in [-0.4, -0.2) is 27.4 Å². The zero-order valence-electron chi connectivity index (χ0n) is 10.2. The van der Waals surface area contributed by atoms with Gasteiger partial charge in [0.1, 0.15) is 5.69 Å². The molecule has 0 fully saturated rings. The topological polar surface area (TPSA) is 79.5 Å². The van der Waals surface area contributed by atoms with E-state index in [1.165, 1.54) is 11.5 Å². The highest BCUT2D eigenvalue weighted by Gasteiger charge is 2.20. The van der Waals surface area contributed by atoms with E-state index < -0.39 is 5.97 Å². The number of nitrogens with zero attached hydrogens (tertiary/aromatic N) is 1. The number of aromatic nitrogens is 1. The highest BCUT2D eigenvalue weighted by atomic mass is 35.5. The number of hydrogen-bond acceptors (Lipinski definition) is 3. The number of aliphatic hydroxyl groups excluding tert-OH is 1. The van der Waals surface area contributed by atoms with Crippen LogP contribution in [0.4, 0.5) is 0 Å². The maximum Gasteiger partial charge on any atom is 0.352 e. The van der Waals surface area contributed by atoms with Crippen LogP contribution in [0.1, 0.15) is 16.1 Å². The van der Waals surface area contributed by atoms with Crippen molar-refractivity contribution in [1.29, 1.82) is 0 Å². The predicted molar refractivity (Wildman–Crippen MR) is 72.0 cm³/mol. The SMILES string of the molecule is Cc1c(C(=O)O)n(CCO)c2c(Cl)cccc2c1=O. The van der Waals surface area contributed by atoms with Crippen molar-refractivity contribution in [2.45, 2.75) is 13.5 Å². The average molecular weight is 282 g/mol. The van der Waals surface area contributed by atoms with Gasteiger partial charge in [0, 0.05) is 17.5 Å². The largest absolute Gasteiger partial charge is 0.477 e. The van der Waals surface area contributed by atoms with Crippen LogP contribution in [-0.2, 0) is 6.54 Å². The fourth-order valence-corrected chi connectivity index (χ4v) is 2.47. The number of carboxylic acids is 1. The third-order valence-electron chi connectivity index (χ3n) is 2.99. The third-order valence-corrected chi connectivity index (χ3v) is 3.30. The Kier molecular flexibility index (Phi) is 3.59. The summed E-state index contributed by atoms with van der Waals surface area (Å²) < 4.78 is 1.37. The number of pyridine rings is 1. The number of aromatic carboxylic acids is 1. The average Bonchev–Trinajstić information content (AvgIpc) is 2.35. The normalized spacial score (nSPS) is 10.9. The molecule has 0 saturated carbocycles. The van der Waals surface area contributed by atoms with Crippen LogP contribution in [0.3, 0.4) is 0 Å². The van der Waals surface area contributed by atoms with E-state index in [-0.39, 0.29) is 34.9 Å². The lowest BCUT2D eigenvalue weighted by molar-refractivity contribution is 0.0682. The summed E-state index contributed by atoms with van der Waals surface area (Å²) in [6.07, 6.45) is 0. The van der Waals surface area contributed by atoms with Gasteiger partial charge >= 0.3 is 5.97 Å². The quantitative estimate of drug-likeness (QED) is 0.896. The molecule has 2 rings (SSSR count). The molecule has 2 aromatic rings. The molecule has 6 heteroatoms. The monoisotopic (exact) mass is 281 g/mol. The molecule has 0 aliphatic carbocycles. The van der Waals surface area contributed by atoms with E-state index in [4.69, 9.17) is 16.7 Å². The summed E-state index contributed by atoms with van der Waals surface area (Å²) in [7, 11) is 0. The number of carboxylic acid groups (broad SMARTS) is 1. The first-order valence-electron chi connectivity index (χ1n) is 5.64. The van der Waals surface area contributed by atoms with Gasteiger partial charge in [-0.3, -0.25) is 4.79 Å². The van der Waals surface area contributed by atoms with Crippen molar-refractivity contribution in [2.24, 2.45) is 0 Å². The number of aliphatic hydroxyl groups is 1. The first-order chi connectivity index (χ1) is 8.99. The third kappa shape index (κ3) is 2.11. The molecule has 1 heterocycles. The fraction of sp³-hybridized carbons (Fsp3) is 0.231. The van der Waals surface area contributed by atoms with Crippen LogP contribution in [0.15, 0.2) is 23.0 Å². The second-order valence-electron chi connectivity index (χ2n) is 4.12. The molecule has 100 valence electrons. The van der Waals surface area contributed by atoms with E-state index in [9.17, 15) is 14.7 Å². The minimum absolute atomic E-state index is 0.0585. The maximum atomic E-state index is 12.2. The molecular formula is C13H12ClNO4. The molecule has 0 aliphatic heterocycles. The highest BCUT2D eigenvalue weighted by molar-refractivity contribution is 6.35. The summed E-state index contributed by atoms with van der Waals surface area (Å²) >= 11 is 6.06. The molecule has 0 saturated heterocycles. The molecule has 19 heavy (non-hydrogen) atoms. The Labute approximate surface area is 113 Å². The van der Waals surface area contributed by atoms with E-state index >= 15 is 0 Å². The van der Waals surface area contributed by atoms with Crippen LogP contribution in [0, 0.1) is 6.92 Å². The predicted octanol–water partition coefficient (Wildman–Crippen LogP) is 1.65. The number of rotatable bonds is 3. The van der Waals surface area contributed by atoms with Gasteiger partial charge in [0.15, 0.2) is 5.43 Å². The molecule has 0 spiro atoms. The molecule has 0 amide bonds. The second kappa shape index (κ2) is 5.03. The zero-order valence-corrected chi connectivity index (χ0v) is 10.9. The standard InChI is InChI=1S/C13H12ClNO4/c1-7-10(13(18)19)15(5-6-16)11-8(12(7)17)3-2-4-9(11)14/h2-4,16H,5-6H2,1H3,(H,18,19). The molecule has 0 aliphatic rings. The number of carbonyl (C=O) groups is 1. The lowest BCUT2D eigenvalue weighted by Gasteiger charge is -2.16. The van der Waals surface area contributed by atoms with Gasteiger partial charge in [0.2, 0.25) is 0 Å². The Bertz CT molecular complexity index is 721. The number of hydrogen-bond donors (Lipinski definition) is 2. The molecule has 0 atom stereocenters. The highest BCUT2D eigenvalue weighted by Crippen LogP contribution is 2.24. The van der Waals surface area contributed by atoms with Crippen molar-refractivity contribution < 1.29 is 15.0 Å². The molecule has 5 nitrogen and oxygen atoms in total. The van der Waals surface area contributed by atoms with E-state index in [0.29, 0.717) is 10.9 Å². The Morgan fingerprint density at radius 1 is 1.42 bits per heavy atom. The van der Waals surface area contributed by atoms with Gasteiger partial charge < -0.3 is 14.8 Å². The summed E-state index contributed by atoms with van der Waals surface area (Å²) in [5.41, 5.74) is -0.0225. The van der Waals surface area contributed by atoms with Crippen LogP contribution in [0.2, 0.25) is 5.02 Å². The van der Waals surface area contributed by atoms with Crippen molar-refractivity contribution in [3.63, 3.8) is 0 Å². The smallest absolute Gasteiger partial charge is 0.352 e.